The van der Waals surface area contributed by atoms with Crippen molar-refractivity contribution in [3.63, 3.8) is 0 Å². The van der Waals surface area contributed by atoms with Crippen LogP contribution in [0.1, 0.15) is 19.3 Å². The van der Waals surface area contributed by atoms with E-state index in [1.165, 1.54) is 12.8 Å². The Labute approximate surface area is 67.7 Å². The van der Waals surface area contributed by atoms with Gasteiger partial charge in [0.25, 0.3) is 0 Å². The summed E-state index contributed by atoms with van der Waals surface area (Å²) in [6.07, 6.45) is 3.65. The molecule has 11 heavy (non-hydrogen) atoms. The van der Waals surface area contributed by atoms with Gasteiger partial charge in [0, 0.05) is 19.8 Å². The number of hydrogen-bond donors (Lipinski definition) is 2. The van der Waals surface area contributed by atoms with Crippen LogP contribution >= 0.6 is 0 Å². The van der Waals surface area contributed by atoms with Gasteiger partial charge in [-0.15, -0.1) is 0 Å². The molecule has 1 heterocycles. The highest BCUT2D eigenvalue weighted by atomic mass is 16.5. The molecule has 3 nitrogen and oxygen atoms in total. The van der Waals surface area contributed by atoms with E-state index in [9.17, 15) is 0 Å². The lowest BCUT2D eigenvalue weighted by atomic mass is 10.2. The number of aliphatic hydroxyl groups excluding tert-OH is 1. The van der Waals surface area contributed by atoms with Gasteiger partial charge in [0.1, 0.15) is 0 Å². The maximum absolute atomic E-state index is 8.49. The topological polar surface area (TPSA) is 41.5 Å². The third-order valence-electron chi connectivity index (χ3n) is 1.91. The van der Waals surface area contributed by atoms with Gasteiger partial charge in [-0.1, -0.05) is 0 Å². The molecule has 0 amide bonds. The Kier molecular flexibility index (Phi) is 4.50. The smallest absolute Gasteiger partial charge is 0.0700 e. The lowest BCUT2D eigenvalue weighted by Gasteiger charge is -2.09. The Hall–Kier alpha value is -0.120. The van der Waals surface area contributed by atoms with Crippen LogP contribution in [0.3, 0.4) is 0 Å². The van der Waals surface area contributed by atoms with Crippen LogP contribution < -0.4 is 5.32 Å². The van der Waals surface area contributed by atoms with E-state index in [4.69, 9.17) is 9.84 Å². The maximum atomic E-state index is 8.49. The predicted octanol–water partition coefficient (Wildman–Crippen LogP) is 0.137. The minimum absolute atomic E-state index is 0.276. The van der Waals surface area contributed by atoms with Gasteiger partial charge in [-0.2, -0.15) is 0 Å². The van der Waals surface area contributed by atoms with Crippen molar-refractivity contribution in [2.75, 3.05) is 26.3 Å². The average molecular weight is 159 g/mol. The summed E-state index contributed by atoms with van der Waals surface area (Å²) < 4.78 is 5.41. The first-order chi connectivity index (χ1) is 5.43. The van der Waals surface area contributed by atoms with E-state index in [0.717, 1.165) is 26.1 Å². The molecule has 1 aliphatic heterocycles. The van der Waals surface area contributed by atoms with Gasteiger partial charge in [-0.25, -0.2) is 0 Å². The molecule has 0 spiro atoms. The molecule has 3 heteroatoms. The maximum Gasteiger partial charge on any atom is 0.0700 e. The van der Waals surface area contributed by atoms with Gasteiger partial charge >= 0.3 is 0 Å². The molecule has 1 saturated heterocycles. The zero-order chi connectivity index (χ0) is 7.94. The fraction of sp³-hybridized carbons (Fsp3) is 1.00. The number of hydrogen-bond acceptors (Lipinski definition) is 3. The fourth-order valence-corrected chi connectivity index (χ4v) is 1.27. The van der Waals surface area contributed by atoms with E-state index >= 15 is 0 Å². The lowest BCUT2D eigenvalue weighted by molar-refractivity contribution is 0.110. The summed E-state index contributed by atoms with van der Waals surface area (Å²) in [5, 5.41) is 11.7. The summed E-state index contributed by atoms with van der Waals surface area (Å²) >= 11 is 0. The van der Waals surface area contributed by atoms with Crippen LogP contribution in [0.4, 0.5) is 0 Å². The summed E-state index contributed by atoms with van der Waals surface area (Å²) in [4.78, 5) is 0. The van der Waals surface area contributed by atoms with Crippen molar-refractivity contribution < 1.29 is 9.84 Å². The number of ether oxygens (including phenoxy) is 1. The lowest BCUT2D eigenvalue weighted by Crippen LogP contribution is -2.27. The Balaban J connectivity index is 1.86. The van der Waals surface area contributed by atoms with Gasteiger partial charge < -0.3 is 15.2 Å². The third kappa shape index (κ3) is 3.70. The van der Waals surface area contributed by atoms with Gasteiger partial charge in [0.2, 0.25) is 0 Å². The van der Waals surface area contributed by atoms with Gasteiger partial charge in [-0.3, -0.25) is 0 Å². The highest BCUT2D eigenvalue weighted by molar-refractivity contribution is 4.66. The molecule has 1 rings (SSSR count). The van der Waals surface area contributed by atoms with Crippen LogP contribution in [-0.2, 0) is 4.74 Å². The van der Waals surface area contributed by atoms with Crippen molar-refractivity contribution in [3.05, 3.63) is 0 Å². The standard InChI is InChI=1S/C8H17NO2/c10-5-2-4-9-7-8-3-1-6-11-8/h8-10H,1-7H2/t8-/m1/s1. The van der Waals surface area contributed by atoms with Crippen LogP contribution in [0.25, 0.3) is 0 Å². The molecule has 0 bridgehead atoms. The van der Waals surface area contributed by atoms with E-state index in [1.807, 2.05) is 0 Å². The summed E-state index contributed by atoms with van der Waals surface area (Å²) in [6.45, 7) is 3.04. The van der Waals surface area contributed by atoms with Crippen LogP contribution in [0, 0.1) is 0 Å². The van der Waals surface area contributed by atoms with Crippen molar-refractivity contribution in [1.29, 1.82) is 0 Å². The quantitative estimate of drug-likeness (QED) is 0.561. The molecular weight excluding hydrogens is 142 g/mol. The number of rotatable bonds is 5. The number of aliphatic hydroxyl groups is 1. The SMILES string of the molecule is OCCCNC[C@H]1CCCO1. The van der Waals surface area contributed by atoms with Crippen molar-refractivity contribution in [1.82, 2.24) is 5.32 Å². The minimum Gasteiger partial charge on any atom is -0.396 e. The zero-order valence-corrected chi connectivity index (χ0v) is 6.88. The van der Waals surface area contributed by atoms with E-state index in [1.54, 1.807) is 0 Å². The molecule has 0 aliphatic carbocycles. The predicted molar refractivity (Wildman–Crippen MR) is 43.5 cm³/mol. The second-order valence-electron chi connectivity index (χ2n) is 2.92. The van der Waals surface area contributed by atoms with Gasteiger partial charge in [0.15, 0.2) is 0 Å². The Morgan fingerprint density at radius 3 is 3.09 bits per heavy atom. The van der Waals surface area contributed by atoms with E-state index in [0.29, 0.717) is 6.10 Å². The third-order valence-corrected chi connectivity index (χ3v) is 1.91. The Morgan fingerprint density at radius 2 is 2.45 bits per heavy atom. The average Bonchev–Trinajstić information content (AvgIpc) is 2.50. The fourth-order valence-electron chi connectivity index (χ4n) is 1.27. The summed E-state index contributed by atoms with van der Waals surface area (Å²) in [5.74, 6) is 0. The highest BCUT2D eigenvalue weighted by Gasteiger charge is 2.13. The summed E-state index contributed by atoms with van der Waals surface area (Å²) in [5.41, 5.74) is 0. The molecule has 1 fully saturated rings. The second kappa shape index (κ2) is 5.52. The number of nitrogens with one attached hydrogen (secondary N) is 1. The monoisotopic (exact) mass is 159 g/mol. The van der Waals surface area contributed by atoms with Crippen LogP contribution in [-0.4, -0.2) is 37.5 Å². The van der Waals surface area contributed by atoms with Crippen LogP contribution in [0.15, 0.2) is 0 Å². The Bertz CT molecular complexity index is 92.1. The van der Waals surface area contributed by atoms with Crippen molar-refractivity contribution in [2.24, 2.45) is 0 Å². The molecule has 0 aromatic rings. The Morgan fingerprint density at radius 1 is 1.55 bits per heavy atom. The first kappa shape index (κ1) is 8.97. The molecule has 0 aromatic heterocycles. The molecule has 1 atom stereocenters. The molecule has 0 radical (unpaired) electrons. The van der Waals surface area contributed by atoms with E-state index in [-0.39, 0.29) is 6.61 Å². The molecule has 0 unspecified atom stereocenters. The highest BCUT2D eigenvalue weighted by Crippen LogP contribution is 2.10. The van der Waals surface area contributed by atoms with Crippen molar-refractivity contribution in [2.45, 2.75) is 25.4 Å². The van der Waals surface area contributed by atoms with Crippen LogP contribution in [0.5, 0.6) is 0 Å². The first-order valence-corrected chi connectivity index (χ1v) is 4.36. The van der Waals surface area contributed by atoms with E-state index in [2.05, 4.69) is 5.32 Å². The van der Waals surface area contributed by atoms with Crippen molar-refractivity contribution >= 4 is 0 Å². The molecular formula is C8H17NO2. The minimum atomic E-state index is 0.276. The first-order valence-electron chi connectivity index (χ1n) is 4.36. The molecule has 1 aliphatic rings. The molecule has 66 valence electrons. The second-order valence-corrected chi connectivity index (χ2v) is 2.92. The normalized spacial score (nSPS) is 24.3. The van der Waals surface area contributed by atoms with Gasteiger partial charge in [-0.05, 0) is 25.8 Å². The molecule has 0 saturated carbocycles. The van der Waals surface area contributed by atoms with E-state index < -0.39 is 0 Å². The summed E-state index contributed by atoms with van der Waals surface area (Å²) in [7, 11) is 0. The van der Waals surface area contributed by atoms with Crippen LogP contribution in [0.2, 0.25) is 0 Å². The summed E-state index contributed by atoms with van der Waals surface area (Å²) in [6, 6.07) is 0. The molecule has 2 N–H and O–H groups in total. The zero-order valence-electron chi connectivity index (χ0n) is 6.88. The molecule has 0 aromatic carbocycles. The largest absolute Gasteiger partial charge is 0.396 e. The van der Waals surface area contributed by atoms with Gasteiger partial charge in [0.05, 0.1) is 6.10 Å². The van der Waals surface area contributed by atoms with Crippen molar-refractivity contribution in [3.8, 4) is 0 Å².